The Hall–Kier alpha value is -3.21. The van der Waals surface area contributed by atoms with Gasteiger partial charge >= 0.3 is 0 Å². The summed E-state index contributed by atoms with van der Waals surface area (Å²) in [6.07, 6.45) is 3.44. The fraction of sp³-hybridized carbons (Fsp3) is 0.143. The van der Waals surface area contributed by atoms with Gasteiger partial charge in [0.25, 0.3) is 5.91 Å². The summed E-state index contributed by atoms with van der Waals surface area (Å²) in [5, 5.41) is 0. The highest BCUT2D eigenvalue weighted by molar-refractivity contribution is 5.94. The molecule has 132 valence electrons. The molecular formula is C21H19FN2O2. The quantitative estimate of drug-likeness (QED) is 0.673. The van der Waals surface area contributed by atoms with Gasteiger partial charge in [0.15, 0.2) is 0 Å². The highest BCUT2D eigenvalue weighted by Gasteiger charge is 2.12. The van der Waals surface area contributed by atoms with Crippen LogP contribution >= 0.6 is 0 Å². The van der Waals surface area contributed by atoms with Crippen molar-refractivity contribution < 1.29 is 13.9 Å². The van der Waals surface area contributed by atoms with Crippen LogP contribution in [-0.2, 0) is 13.2 Å². The largest absolute Gasteiger partial charge is 0.489 e. The Morgan fingerprint density at radius 3 is 2.27 bits per heavy atom. The number of hydrogen-bond acceptors (Lipinski definition) is 3. The maximum Gasteiger partial charge on any atom is 0.253 e. The van der Waals surface area contributed by atoms with Crippen LogP contribution in [0, 0.1) is 5.82 Å². The van der Waals surface area contributed by atoms with Gasteiger partial charge in [-0.25, -0.2) is 4.39 Å². The summed E-state index contributed by atoms with van der Waals surface area (Å²) >= 11 is 0. The van der Waals surface area contributed by atoms with Crippen molar-refractivity contribution in [3.05, 3.63) is 95.6 Å². The second kappa shape index (κ2) is 8.25. The molecule has 0 aliphatic rings. The predicted octanol–water partition coefficient (Wildman–Crippen LogP) is 4.07. The summed E-state index contributed by atoms with van der Waals surface area (Å²) in [7, 11) is 1.72. The molecule has 26 heavy (non-hydrogen) atoms. The SMILES string of the molecule is CN(Cc1ccc(F)cc1)C(=O)c1ccc(OCc2ccncc2)cc1. The Balaban J connectivity index is 1.58. The summed E-state index contributed by atoms with van der Waals surface area (Å²) in [4.78, 5) is 18.1. The number of rotatable bonds is 6. The Labute approximate surface area is 151 Å². The van der Waals surface area contributed by atoms with Crippen molar-refractivity contribution in [2.75, 3.05) is 7.05 Å². The van der Waals surface area contributed by atoms with E-state index < -0.39 is 0 Å². The maximum atomic E-state index is 13.0. The lowest BCUT2D eigenvalue weighted by Crippen LogP contribution is -2.26. The molecule has 0 saturated heterocycles. The van der Waals surface area contributed by atoms with Gasteiger partial charge in [-0.3, -0.25) is 9.78 Å². The van der Waals surface area contributed by atoms with Gasteiger partial charge in [-0.2, -0.15) is 0 Å². The first-order valence-corrected chi connectivity index (χ1v) is 8.23. The first-order chi connectivity index (χ1) is 12.6. The zero-order chi connectivity index (χ0) is 18.4. The number of ether oxygens (including phenoxy) is 1. The molecule has 1 heterocycles. The molecule has 0 unspecified atom stereocenters. The lowest BCUT2D eigenvalue weighted by atomic mass is 10.1. The number of amides is 1. The third-order valence-corrected chi connectivity index (χ3v) is 3.94. The monoisotopic (exact) mass is 350 g/mol. The van der Waals surface area contributed by atoms with Gasteiger partial charge in [0.05, 0.1) is 0 Å². The number of halogens is 1. The number of aromatic nitrogens is 1. The van der Waals surface area contributed by atoms with Crippen LogP contribution in [0.15, 0.2) is 73.1 Å². The molecular weight excluding hydrogens is 331 g/mol. The lowest BCUT2D eigenvalue weighted by Gasteiger charge is -2.17. The summed E-state index contributed by atoms with van der Waals surface area (Å²) in [6, 6.07) is 17.0. The van der Waals surface area contributed by atoms with E-state index in [2.05, 4.69) is 4.98 Å². The molecule has 5 heteroatoms. The van der Waals surface area contributed by atoms with Crippen LogP contribution in [0.4, 0.5) is 4.39 Å². The summed E-state index contributed by atoms with van der Waals surface area (Å²) < 4.78 is 18.7. The molecule has 1 aromatic heterocycles. The van der Waals surface area contributed by atoms with Crippen molar-refractivity contribution in [3.8, 4) is 5.75 Å². The minimum Gasteiger partial charge on any atom is -0.489 e. The van der Waals surface area contributed by atoms with Gasteiger partial charge in [0.1, 0.15) is 18.2 Å². The lowest BCUT2D eigenvalue weighted by molar-refractivity contribution is 0.0785. The van der Waals surface area contributed by atoms with Crippen molar-refractivity contribution in [1.82, 2.24) is 9.88 Å². The zero-order valence-corrected chi connectivity index (χ0v) is 14.4. The highest BCUT2D eigenvalue weighted by Crippen LogP contribution is 2.16. The maximum absolute atomic E-state index is 13.0. The van der Waals surface area contributed by atoms with E-state index in [0.717, 1.165) is 11.1 Å². The zero-order valence-electron chi connectivity index (χ0n) is 14.4. The van der Waals surface area contributed by atoms with Crippen LogP contribution in [0.3, 0.4) is 0 Å². The van der Waals surface area contributed by atoms with Gasteiger partial charge in [0, 0.05) is 31.5 Å². The average Bonchev–Trinajstić information content (AvgIpc) is 2.69. The second-order valence-corrected chi connectivity index (χ2v) is 5.96. The van der Waals surface area contributed by atoms with E-state index in [1.807, 2.05) is 12.1 Å². The Morgan fingerprint density at radius 1 is 0.962 bits per heavy atom. The highest BCUT2D eigenvalue weighted by atomic mass is 19.1. The minimum atomic E-state index is -0.287. The number of pyridine rings is 1. The third-order valence-electron chi connectivity index (χ3n) is 3.94. The topological polar surface area (TPSA) is 42.4 Å². The van der Waals surface area contributed by atoms with Gasteiger partial charge in [-0.15, -0.1) is 0 Å². The third kappa shape index (κ3) is 4.66. The fourth-order valence-corrected chi connectivity index (χ4v) is 2.50. The van der Waals surface area contributed by atoms with Gasteiger partial charge in [-0.05, 0) is 59.7 Å². The van der Waals surface area contributed by atoms with Gasteiger partial charge in [0.2, 0.25) is 0 Å². The number of benzene rings is 2. The normalized spacial score (nSPS) is 10.4. The van der Waals surface area contributed by atoms with Crippen molar-refractivity contribution >= 4 is 5.91 Å². The molecule has 0 radical (unpaired) electrons. The molecule has 0 N–H and O–H groups in total. The Bertz CT molecular complexity index is 849. The van der Waals surface area contributed by atoms with E-state index in [9.17, 15) is 9.18 Å². The molecule has 2 aromatic carbocycles. The number of nitrogens with zero attached hydrogens (tertiary/aromatic N) is 2. The van der Waals surface area contributed by atoms with E-state index in [-0.39, 0.29) is 11.7 Å². The van der Waals surface area contributed by atoms with Crippen LogP contribution in [0.1, 0.15) is 21.5 Å². The number of hydrogen-bond donors (Lipinski definition) is 0. The molecule has 0 atom stereocenters. The summed E-state index contributed by atoms with van der Waals surface area (Å²) in [5.74, 6) is 0.305. The number of carbonyl (C=O) groups excluding carboxylic acids is 1. The smallest absolute Gasteiger partial charge is 0.253 e. The molecule has 0 fully saturated rings. The van der Waals surface area contributed by atoms with Crippen LogP contribution < -0.4 is 4.74 Å². The molecule has 3 rings (SSSR count). The van der Waals surface area contributed by atoms with E-state index in [1.54, 1.807) is 60.7 Å². The summed E-state index contributed by atoms with van der Waals surface area (Å²) in [6.45, 7) is 0.861. The standard InChI is InChI=1S/C21H19FN2O2/c1-24(14-16-2-6-19(22)7-3-16)21(25)18-4-8-20(9-5-18)26-15-17-10-12-23-13-11-17/h2-13H,14-15H2,1H3. The van der Waals surface area contributed by atoms with E-state index in [1.165, 1.54) is 12.1 Å². The molecule has 0 aliphatic heterocycles. The van der Waals surface area contributed by atoms with Gasteiger partial charge in [-0.1, -0.05) is 12.1 Å². The van der Waals surface area contributed by atoms with Crippen molar-refractivity contribution in [2.45, 2.75) is 13.2 Å². The van der Waals surface area contributed by atoms with Crippen molar-refractivity contribution in [1.29, 1.82) is 0 Å². The molecule has 4 nitrogen and oxygen atoms in total. The van der Waals surface area contributed by atoms with E-state index in [0.29, 0.717) is 24.5 Å². The van der Waals surface area contributed by atoms with E-state index in [4.69, 9.17) is 4.74 Å². The van der Waals surface area contributed by atoms with Gasteiger partial charge < -0.3 is 9.64 Å². The summed E-state index contributed by atoms with van der Waals surface area (Å²) in [5.41, 5.74) is 2.48. The Morgan fingerprint density at radius 2 is 1.62 bits per heavy atom. The van der Waals surface area contributed by atoms with Crippen LogP contribution in [0.25, 0.3) is 0 Å². The molecule has 0 bridgehead atoms. The fourth-order valence-electron chi connectivity index (χ4n) is 2.50. The first-order valence-electron chi connectivity index (χ1n) is 8.23. The molecule has 0 spiro atoms. The van der Waals surface area contributed by atoms with Crippen LogP contribution in [0.2, 0.25) is 0 Å². The molecule has 3 aromatic rings. The van der Waals surface area contributed by atoms with Crippen molar-refractivity contribution in [3.63, 3.8) is 0 Å². The molecule has 1 amide bonds. The van der Waals surface area contributed by atoms with Crippen molar-refractivity contribution in [2.24, 2.45) is 0 Å². The predicted molar refractivity (Wildman–Crippen MR) is 97.2 cm³/mol. The van der Waals surface area contributed by atoms with E-state index >= 15 is 0 Å². The molecule has 0 saturated carbocycles. The average molecular weight is 350 g/mol. The number of carbonyl (C=O) groups is 1. The van der Waals surface area contributed by atoms with Crippen LogP contribution in [0.5, 0.6) is 5.75 Å². The minimum absolute atomic E-state index is 0.102. The van der Waals surface area contributed by atoms with Crippen LogP contribution in [-0.4, -0.2) is 22.8 Å². The Kier molecular flexibility index (Phi) is 5.59. The molecule has 0 aliphatic carbocycles. The first kappa shape index (κ1) is 17.6. The second-order valence-electron chi connectivity index (χ2n) is 5.96.